The molecule has 0 spiro atoms. The summed E-state index contributed by atoms with van der Waals surface area (Å²) in [5.41, 5.74) is 3.11. The molecule has 0 atom stereocenters. The number of benzene rings is 1. The number of halogens is 2. The predicted molar refractivity (Wildman–Crippen MR) is 81.9 cm³/mol. The van der Waals surface area contributed by atoms with Crippen molar-refractivity contribution in [2.75, 3.05) is 16.2 Å². The smallest absolute Gasteiger partial charge is 0.238 e. The van der Waals surface area contributed by atoms with Crippen LogP contribution in [-0.2, 0) is 10.2 Å². The van der Waals surface area contributed by atoms with Crippen molar-refractivity contribution in [3.05, 3.63) is 29.3 Å². The van der Waals surface area contributed by atoms with Crippen LogP contribution in [0.3, 0.4) is 0 Å². The van der Waals surface area contributed by atoms with Gasteiger partial charge in [-0.1, -0.05) is 54.9 Å². The number of nitrogens with zero attached hydrogens (tertiary/aromatic N) is 1. The molecule has 0 aliphatic rings. The summed E-state index contributed by atoms with van der Waals surface area (Å²) in [5.74, 6) is -0.0233. The molecule has 0 aliphatic carbocycles. The Labute approximate surface area is 122 Å². The van der Waals surface area contributed by atoms with Gasteiger partial charge in [0, 0.05) is 0 Å². The number of rotatable bonds is 3. The second-order valence-electron chi connectivity index (χ2n) is 5.30. The topological polar surface area (TPSA) is 20.3 Å². The highest BCUT2D eigenvalue weighted by Gasteiger charge is 2.25. The van der Waals surface area contributed by atoms with Gasteiger partial charge in [-0.15, -0.1) is 11.6 Å². The molecular weight excluding hydrogens is 314 g/mol. The Balaban J connectivity index is 3.41. The zero-order valence-electron chi connectivity index (χ0n) is 11.3. The average Bonchev–Trinajstić information content (AvgIpc) is 2.30. The summed E-state index contributed by atoms with van der Waals surface area (Å²) in [7, 11) is 0. The normalized spacial score (nSPS) is 11.4. The molecule has 0 unspecified atom stereocenters. The summed E-state index contributed by atoms with van der Waals surface area (Å²) < 4.78 is 0. The number of para-hydroxylation sites is 1. The summed E-state index contributed by atoms with van der Waals surface area (Å²) >= 11 is 9.16. The predicted octanol–water partition coefficient (Wildman–Crippen LogP) is 4.22. The Hall–Kier alpha value is -0.540. The Morgan fingerprint density at radius 1 is 1.39 bits per heavy atom. The molecule has 1 amide bonds. The number of anilines is 1. The lowest BCUT2D eigenvalue weighted by atomic mass is 9.84. The van der Waals surface area contributed by atoms with Gasteiger partial charge in [0.1, 0.15) is 6.00 Å². The Bertz CT molecular complexity index is 440. The largest absolute Gasteiger partial charge is 0.297 e. The van der Waals surface area contributed by atoms with Gasteiger partial charge in [-0.2, -0.15) is 0 Å². The first-order valence-corrected chi connectivity index (χ1v) is 7.51. The van der Waals surface area contributed by atoms with Crippen LogP contribution in [0.25, 0.3) is 0 Å². The Kier molecular flexibility index (Phi) is 5.23. The van der Waals surface area contributed by atoms with E-state index in [1.165, 1.54) is 0 Å². The molecule has 0 N–H and O–H groups in total. The van der Waals surface area contributed by atoms with Crippen molar-refractivity contribution in [1.82, 2.24) is 0 Å². The molecule has 0 saturated heterocycles. The van der Waals surface area contributed by atoms with E-state index in [1.807, 2.05) is 19.1 Å². The number of hydrogen-bond acceptors (Lipinski definition) is 1. The number of alkyl halides is 2. The maximum atomic E-state index is 12.0. The SMILES string of the molecule is Cc1cccc(C(C)(C)C)c1N(CCl)C(=O)CBr. The lowest BCUT2D eigenvalue weighted by molar-refractivity contribution is -0.115. The van der Waals surface area contributed by atoms with E-state index in [0.29, 0.717) is 0 Å². The van der Waals surface area contributed by atoms with Gasteiger partial charge in [0.05, 0.1) is 11.0 Å². The van der Waals surface area contributed by atoms with Crippen molar-refractivity contribution in [3.63, 3.8) is 0 Å². The molecule has 4 heteroatoms. The summed E-state index contributed by atoms with van der Waals surface area (Å²) in [6.07, 6.45) is 0. The molecule has 100 valence electrons. The summed E-state index contributed by atoms with van der Waals surface area (Å²) in [5, 5.41) is 0.275. The molecule has 2 nitrogen and oxygen atoms in total. The van der Waals surface area contributed by atoms with Crippen molar-refractivity contribution in [2.45, 2.75) is 33.1 Å². The Morgan fingerprint density at radius 2 is 2.00 bits per heavy atom. The van der Waals surface area contributed by atoms with Gasteiger partial charge in [0.2, 0.25) is 5.91 Å². The minimum Gasteiger partial charge on any atom is -0.297 e. The fraction of sp³-hybridized carbons (Fsp3) is 0.500. The number of hydrogen-bond donors (Lipinski definition) is 0. The highest BCUT2D eigenvalue weighted by Crippen LogP contribution is 2.34. The van der Waals surface area contributed by atoms with Crippen LogP contribution < -0.4 is 4.90 Å². The molecule has 1 aromatic rings. The zero-order chi connectivity index (χ0) is 13.9. The van der Waals surface area contributed by atoms with Crippen LogP contribution in [0.2, 0.25) is 0 Å². The van der Waals surface area contributed by atoms with E-state index >= 15 is 0 Å². The molecule has 1 rings (SSSR count). The molecule has 18 heavy (non-hydrogen) atoms. The standard InChI is InChI=1S/C14H19BrClNO/c1-10-6-5-7-11(14(2,3)4)13(10)17(9-16)12(18)8-15/h5-7H,8-9H2,1-4H3. The summed E-state index contributed by atoms with van der Waals surface area (Å²) in [6.45, 7) is 8.41. The van der Waals surface area contributed by atoms with Crippen LogP contribution in [0.1, 0.15) is 31.9 Å². The Morgan fingerprint density at radius 3 is 2.44 bits per heavy atom. The molecule has 0 radical (unpaired) electrons. The average molecular weight is 333 g/mol. The third kappa shape index (κ3) is 3.27. The minimum atomic E-state index is -0.0295. The molecular formula is C14H19BrClNO. The third-order valence-electron chi connectivity index (χ3n) is 2.85. The van der Waals surface area contributed by atoms with Crippen molar-refractivity contribution in [2.24, 2.45) is 0 Å². The number of aryl methyl sites for hydroxylation is 1. The molecule has 1 aromatic carbocycles. The van der Waals surface area contributed by atoms with E-state index in [2.05, 4.69) is 42.8 Å². The van der Waals surface area contributed by atoms with Gasteiger partial charge in [0.25, 0.3) is 0 Å². The van der Waals surface area contributed by atoms with Crippen molar-refractivity contribution in [3.8, 4) is 0 Å². The van der Waals surface area contributed by atoms with Gasteiger partial charge >= 0.3 is 0 Å². The fourth-order valence-corrected chi connectivity index (χ4v) is 2.50. The molecule has 0 fully saturated rings. The summed E-state index contributed by atoms with van der Waals surface area (Å²) in [6, 6.07) is 6.25. The van der Waals surface area contributed by atoms with E-state index in [-0.39, 0.29) is 22.7 Å². The van der Waals surface area contributed by atoms with Gasteiger partial charge in [-0.3, -0.25) is 9.69 Å². The lowest BCUT2D eigenvalue weighted by Crippen LogP contribution is -2.33. The van der Waals surface area contributed by atoms with Crippen LogP contribution >= 0.6 is 27.5 Å². The van der Waals surface area contributed by atoms with Crippen LogP contribution in [0.5, 0.6) is 0 Å². The van der Waals surface area contributed by atoms with Crippen molar-refractivity contribution >= 4 is 39.1 Å². The van der Waals surface area contributed by atoms with Crippen molar-refractivity contribution in [1.29, 1.82) is 0 Å². The minimum absolute atomic E-state index is 0.0233. The first kappa shape index (κ1) is 15.5. The van der Waals surface area contributed by atoms with E-state index in [0.717, 1.165) is 16.8 Å². The zero-order valence-corrected chi connectivity index (χ0v) is 13.6. The van der Waals surface area contributed by atoms with Crippen molar-refractivity contribution < 1.29 is 4.79 Å². The second kappa shape index (κ2) is 6.07. The third-order valence-corrected chi connectivity index (χ3v) is 3.57. The number of amides is 1. The molecule has 0 bridgehead atoms. The van der Waals surface area contributed by atoms with Gasteiger partial charge < -0.3 is 0 Å². The van der Waals surface area contributed by atoms with Crippen LogP contribution in [-0.4, -0.2) is 17.2 Å². The van der Waals surface area contributed by atoms with Crippen LogP contribution in [0, 0.1) is 6.92 Å². The second-order valence-corrected chi connectivity index (χ2v) is 6.10. The van der Waals surface area contributed by atoms with Gasteiger partial charge in [0.15, 0.2) is 0 Å². The van der Waals surface area contributed by atoms with Crippen LogP contribution in [0.15, 0.2) is 18.2 Å². The molecule has 0 aromatic heterocycles. The maximum Gasteiger partial charge on any atom is 0.238 e. The highest BCUT2D eigenvalue weighted by atomic mass is 79.9. The quantitative estimate of drug-likeness (QED) is 0.599. The van der Waals surface area contributed by atoms with E-state index in [9.17, 15) is 4.79 Å². The van der Waals surface area contributed by atoms with Gasteiger partial charge in [-0.05, 0) is 23.5 Å². The van der Waals surface area contributed by atoms with E-state index < -0.39 is 0 Å². The first-order chi connectivity index (χ1) is 8.32. The molecule has 0 saturated carbocycles. The van der Waals surface area contributed by atoms with E-state index in [4.69, 9.17) is 11.6 Å². The monoisotopic (exact) mass is 331 g/mol. The van der Waals surface area contributed by atoms with E-state index in [1.54, 1.807) is 4.90 Å². The summed E-state index contributed by atoms with van der Waals surface area (Å²) in [4.78, 5) is 13.6. The maximum absolute atomic E-state index is 12.0. The van der Waals surface area contributed by atoms with Gasteiger partial charge in [-0.25, -0.2) is 0 Å². The number of carbonyl (C=O) groups is 1. The first-order valence-electron chi connectivity index (χ1n) is 5.85. The molecule has 0 aliphatic heterocycles. The fourth-order valence-electron chi connectivity index (χ4n) is 1.95. The molecule has 0 heterocycles. The van der Waals surface area contributed by atoms with Crippen LogP contribution in [0.4, 0.5) is 5.69 Å². The lowest BCUT2D eigenvalue weighted by Gasteiger charge is -2.30. The number of carbonyl (C=O) groups excluding carboxylic acids is 1. The highest BCUT2D eigenvalue weighted by molar-refractivity contribution is 9.09.